The van der Waals surface area contributed by atoms with E-state index in [1.165, 1.54) is 30.6 Å². The van der Waals surface area contributed by atoms with Crippen LogP contribution in [0.4, 0.5) is 0 Å². The summed E-state index contributed by atoms with van der Waals surface area (Å²) in [7, 11) is 0. The second-order valence-corrected chi connectivity index (χ2v) is 5.82. The van der Waals surface area contributed by atoms with Crippen molar-refractivity contribution in [1.29, 1.82) is 0 Å². The van der Waals surface area contributed by atoms with Crippen molar-refractivity contribution in [2.24, 2.45) is 5.92 Å². The van der Waals surface area contributed by atoms with E-state index in [9.17, 15) is 0 Å². The number of aryl methyl sites for hydroxylation is 1. The highest BCUT2D eigenvalue weighted by atomic mass is 15.1. The fraction of sp³-hybridized carbons (Fsp3) is 0.588. The molecule has 1 aromatic carbocycles. The molecule has 3 rings (SSSR count). The van der Waals surface area contributed by atoms with Crippen molar-refractivity contribution in [3.63, 3.8) is 0 Å². The Labute approximate surface area is 121 Å². The van der Waals surface area contributed by atoms with E-state index in [-0.39, 0.29) is 0 Å². The Morgan fingerprint density at radius 2 is 2.10 bits per heavy atom. The van der Waals surface area contributed by atoms with Crippen LogP contribution < -0.4 is 5.32 Å². The predicted molar refractivity (Wildman–Crippen MR) is 83.9 cm³/mol. The number of imidazole rings is 1. The fourth-order valence-corrected chi connectivity index (χ4v) is 3.68. The average molecular weight is 271 g/mol. The zero-order valence-electron chi connectivity index (χ0n) is 12.6. The summed E-state index contributed by atoms with van der Waals surface area (Å²) in [4.78, 5) is 4.88. The van der Waals surface area contributed by atoms with Crippen LogP contribution in [-0.4, -0.2) is 22.1 Å². The number of hydrogen-bond donors (Lipinski definition) is 1. The number of nitrogens with one attached hydrogen (secondary N) is 1. The number of rotatable bonds is 5. The van der Waals surface area contributed by atoms with Gasteiger partial charge in [-0.2, -0.15) is 0 Å². The second-order valence-electron chi connectivity index (χ2n) is 5.82. The Bertz CT molecular complexity index is 573. The monoisotopic (exact) mass is 271 g/mol. The first kappa shape index (κ1) is 13.6. The maximum atomic E-state index is 4.88. The largest absolute Gasteiger partial charge is 0.328 e. The molecule has 20 heavy (non-hydrogen) atoms. The van der Waals surface area contributed by atoms with Gasteiger partial charge in [0.2, 0.25) is 0 Å². The third-order valence-corrected chi connectivity index (χ3v) is 4.62. The summed E-state index contributed by atoms with van der Waals surface area (Å²) >= 11 is 0. The summed E-state index contributed by atoms with van der Waals surface area (Å²) in [6, 6.07) is 9.19. The first-order chi connectivity index (χ1) is 9.83. The summed E-state index contributed by atoms with van der Waals surface area (Å²) in [5.74, 6) is 2.01. The maximum absolute atomic E-state index is 4.88. The average Bonchev–Trinajstić information content (AvgIpc) is 3.03. The van der Waals surface area contributed by atoms with Crippen LogP contribution in [0.2, 0.25) is 0 Å². The summed E-state index contributed by atoms with van der Waals surface area (Å²) in [6.07, 6.45) is 5.13. The molecule has 0 saturated heterocycles. The molecule has 0 radical (unpaired) electrons. The lowest BCUT2D eigenvalue weighted by molar-refractivity contribution is 0.396. The van der Waals surface area contributed by atoms with Gasteiger partial charge in [0.25, 0.3) is 0 Å². The molecule has 1 aliphatic rings. The third kappa shape index (κ3) is 2.47. The van der Waals surface area contributed by atoms with E-state index in [0.717, 1.165) is 30.9 Å². The summed E-state index contributed by atoms with van der Waals surface area (Å²) in [6.45, 7) is 6.50. The minimum Gasteiger partial charge on any atom is -0.328 e. The van der Waals surface area contributed by atoms with Crippen LogP contribution >= 0.6 is 0 Å². The van der Waals surface area contributed by atoms with Gasteiger partial charge in [0.1, 0.15) is 5.82 Å². The molecule has 0 spiro atoms. The van der Waals surface area contributed by atoms with Crippen LogP contribution in [0.15, 0.2) is 24.3 Å². The van der Waals surface area contributed by atoms with Gasteiger partial charge in [-0.05, 0) is 44.4 Å². The summed E-state index contributed by atoms with van der Waals surface area (Å²) < 4.78 is 2.39. The quantitative estimate of drug-likeness (QED) is 0.903. The molecular formula is C17H25N3. The van der Waals surface area contributed by atoms with E-state index in [0.29, 0.717) is 6.04 Å². The van der Waals surface area contributed by atoms with Gasteiger partial charge >= 0.3 is 0 Å². The molecule has 1 aliphatic carbocycles. The lowest BCUT2D eigenvalue weighted by atomic mass is 9.99. The van der Waals surface area contributed by atoms with Crippen molar-refractivity contribution < 1.29 is 0 Å². The molecule has 0 bridgehead atoms. The van der Waals surface area contributed by atoms with Crippen molar-refractivity contribution in [3.05, 3.63) is 30.1 Å². The van der Waals surface area contributed by atoms with Crippen molar-refractivity contribution in [2.45, 2.75) is 52.1 Å². The SMILES string of the molecule is CCNC1CCCC1Cc1nc2ccccc2n1CC. The molecule has 2 unspecified atom stereocenters. The number of hydrogen-bond acceptors (Lipinski definition) is 2. The lowest BCUT2D eigenvalue weighted by Gasteiger charge is -2.20. The fourth-order valence-electron chi connectivity index (χ4n) is 3.68. The van der Waals surface area contributed by atoms with E-state index in [1.807, 2.05) is 0 Å². The van der Waals surface area contributed by atoms with Crippen LogP contribution in [0.5, 0.6) is 0 Å². The molecule has 1 saturated carbocycles. The number of fused-ring (bicyclic) bond motifs is 1. The molecular weight excluding hydrogens is 246 g/mol. The van der Waals surface area contributed by atoms with Gasteiger partial charge in [0, 0.05) is 19.0 Å². The first-order valence-corrected chi connectivity index (χ1v) is 8.01. The summed E-state index contributed by atoms with van der Waals surface area (Å²) in [5.41, 5.74) is 2.42. The van der Waals surface area contributed by atoms with Crippen LogP contribution in [-0.2, 0) is 13.0 Å². The number of para-hydroxylation sites is 2. The standard InChI is InChI=1S/C17H25N3/c1-3-18-14-10-7-8-13(14)12-17-19-15-9-5-6-11-16(15)20(17)4-2/h5-6,9,11,13-14,18H,3-4,7-8,10,12H2,1-2H3. The van der Waals surface area contributed by atoms with Gasteiger partial charge in [-0.25, -0.2) is 4.98 Å². The van der Waals surface area contributed by atoms with Crippen LogP contribution in [0.1, 0.15) is 38.9 Å². The number of nitrogens with zero attached hydrogens (tertiary/aromatic N) is 2. The Balaban J connectivity index is 1.86. The highest BCUT2D eigenvalue weighted by molar-refractivity contribution is 5.75. The van der Waals surface area contributed by atoms with E-state index >= 15 is 0 Å². The topological polar surface area (TPSA) is 29.9 Å². The highest BCUT2D eigenvalue weighted by Gasteiger charge is 2.28. The van der Waals surface area contributed by atoms with E-state index < -0.39 is 0 Å². The van der Waals surface area contributed by atoms with E-state index in [1.54, 1.807) is 0 Å². The molecule has 2 aromatic rings. The molecule has 0 aliphatic heterocycles. The minimum atomic E-state index is 0.685. The van der Waals surface area contributed by atoms with E-state index in [2.05, 4.69) is 48.0 Å². The van der Waals surface area contributed by atoms with Crippen LogP contribution in [0.3, 0.4) is 0 Å². The Morgan fingerprint density at radius 3 is 2.90 bits per heavy atom. The molecule has 1 heterocycles. The van der Waals surface area contributed by atoms with Gasteiger partial charge in [-0.1, -0.05) is 25.5 Å². The molecule has 108 valence electrons. The Kier molecular flexibility index (Phi) is 4.06. The van der Waals surface area contributed by atoms with Gasteiger partial charge in [0.05, 0.1) is 11.0 Å². The molecule has 1 fully saturated rings. The number of benzene rings is 1. The summed E-state index contributed by atoms with van der Waals surface area (Å²) in [5, 5.41) is 3.65. The van der Waals surface area contributed by atoms with Crippen molar-refractivity contribution >= 4 is 11.0 Å². The molecule has 2 atom stereocenters. The first-order valence-electron chi connectivity index (χ1n) is 8.01. The van der Waals surface area contributed by atoms with Crippen LogP contribution in [0.25, 0.3) is 11.0 Å². The van der Waals surface area contributed by atoms with Crippen LogP contribution in [0, 0.1) is 5.92 Å². The molecule has 1 aromatic heterocycles. The third-order valence-electron chi connectivity index (χ3n) is 4.62. The Morgan fingerprint density at radius 1 is 1.25 bits per heavy atom. The lowest BCUT2D eigenvalue weighted by Crippen LogP contribution is -2.33. The maximum Gasteiger partial charge on any atom is 0.110 e. The predicted octanol–water partition coefficient (Wildman–Crippen LogP) is 3.38. The van der Waals surface area contributed by atoms with Crippen molar-refractivity contribution in [2.75, 3.05) is 6.54 Å². The van der Waals surface area contributed by atoms with Gasteiger partial charge in [-0.15, -0.1) is 0 Å². The van der Waals surface area contributed by atoms with Crippen molar-refractivity contribution in [1.82, 2.24) is 14.9 Å². The zero-order valence-corrected chi connectivity index (χ0v) is 12.6. The van der Waals surface area contributed by atoms with Gasteiger partial charge in [0.15, 0.2) is 0 Å². The highest BCUT2D eigenvalue weighted by Crippen LogP contribution is 2.29. The Hall–Kier alpha value is -1.35. The van der Waals surface area contributed by atoms with E-state index in [4.69, 9.17) is 4.98 Å². The molecule has 3 nitrogen and oxygen atoms in total. The minimum absolute atomic E-state index is 0.685. The smallest absolute Gasteiger partial charge is 0.110 e. The van der Waals surface area contributed by atoms with Gasteiger partial charge in [-0.3, -0.25) is 0 Å². The van der Waals surface area contributed by atoms with Crippen molar-refractivity contribution in [3.8, 4) is 0 Å². The van der Waals surface area contributed by atoms with Gasteiger partial charge < -0.3 is 9.88 Å². The molecule has 3 heteroatoms. The molecule has 0 amide bonds. The normalized spacial score (nSPS) is 22.7. The second kappa shape index (κ2) is 5.96. The zero-order chi connectivity index (χ0) is 13.9. The number of aromatic nitrogens is 2. The molecule has 1 N–H and O–H groups in total.